The van der Waals surface area contributed by atoms with Crippen LogP contribution in [0.2, 0.25) is 0 Å². The van der Waals surface area contributed by atoms with Crippen LogP contribution >= 0.6 is 0 Å². The van der Waals surface area contributed by atoms with Gasteiger partial charge in [-0.2, -0.15) is 0 Å². The van der Waals surface area contributed by atoms with Crippen molar-refractivity contribution in [2.45, 2.75) is 19.8 Å². The van der Waals surface area contributed by atoms with Crippen molar-refractivity contribution in [1.82, 2.24) is 0 Å². The largest absolute Gasteiger partial charge is 0.494 e. The minimum Gasteiger partial charge on any atom is -0.494 e. The maximum Gasteiger partial charge on any atom is 0.363 e. The molecule has 3 rings (SSSR count). The molecule has 0 fully saturated rings. The Hall–Kier alpha value is -3.74. The highest BCUT2D eigenvalue weighted by molar-refractivity contribution is 6.11. The number of cyclic esters (lactones) is 1. The minimum absolute atomic E-state index is 0.0137. The second-order valence-corrected chi connectivity index (χ2v) is 6.33. The van der Waals surface area contributed by atoms with Crippen LogP contribution in [0.3, 0.4) is 0 Å². The summed E-state index contributed by atoms with van der Waals surface area (Å²) in [5, 5.41) is 10.8. The van der Waals surface area contributed by atoms with E-state index in [1.165, 1.54) is 18.2 Å². The molecular weight excluding hydrogens is 372 g/mol. The third-order valence-electron chi connectivity index (χ3n) is 4.09. The van der Waals surface area contributed by atoms with E-state index in [-0.39, 0.29) is 17.3 Å². The highest BCUT2D eigenvalue weighted by Gasteiger charge is 2.21. The van der Waals surface area contributed by atoms with Crippen molar-refractivity contribution in [1.29, 1.82) is 0 Å². The number of carbonyl (C=O) groups is 1. The summed E-state index contributed by atoms with van der Waals surface area (Å²) in [5.41, 5.74) is 1.57. The standard InChI is InChI=1S/C22H20N2O5/c1-2-3-13-28-19-10-7-17(8-11-19)15-20-22(25)29-21(23-20)12-9-16-5-4-6-18(14-16)24(26)27/h4-12,14-15H,2-3,13H2,1H3. The second kappa shape index (κ2) is 9.45. The lowest BCUT2D eigenvalue weighted by Gasteiger charge is -2.05. The van der Waals surface area contributed by atoms with Gasteiger partial charge in [0, 0.05) is 18.2 Å². The van der Waals surface area contributed by atoms with E-state index in [9.17, 15) is 14.9 Å². The fourth-order valence-electron chi connectivity index (χ4n) is 2.56. The van der Waals surface area contributed by atoms with E-state index in [1.54, 1.807) is 24.3 Å². The van der Waals surface area contributed by atoms with Crippen LogP contribution in [0.5, 0.6) is 5.75 Å². The predicted molar refractivity (Wildman–Crippen MR) is 110 cm³/mol. The van der Waals surface area contributed by atoms with Gasteiger partial charge in [-0.1, -0.05) is 37.6 Å². The number of aliphatic imine (C=N–C) groups is 1. The average Bonchev–Trinajstić information content (AvgIpc) is 3.07. The Morgan fingerprint density at radius 2 is 1.93 bits per heavy atom. The van der Waals surface area contributed by atoms with Gasteiger partial charge in [-0.3, -0.25) is 10.1 Å². The van der Waals surface area contributed by atoms with E-state index in [0.717, 1.165) is 24.2 Å². The Morgan fingerprint density at radius 1 is 1.14 bits per heavy atom. The summed E-state index contributed by atoms with van der Waals surface area (Å²) < 4.78 is 10.7. The van der Waals surface area contributed by atoms with Gasteiger partial charge in [0.25, 0.3) is 5.69 Å². The van der Waals surface area contributed by atoms with Crippen molar-refractivity contribution >= 4 is 29.7 Å². The number of nitro benzene ring substituents is 1. The first-order valence-electron chi connectivity index (χ1n) is 9.23. The molecule has 1 aliphatic heterocycles. The molecule has 7 heteroatoms. The number of ether oxygens (including phenoxy) is 2. The lowest BCUT2D eigenvalue weighted by Crippen LogP contribution is -2.01. The molecular formula is C22H20N2O5. The minimum atomic E-state index is -0.549. The summed E-state index contributed by atoms with van der Waals surface area (Å²) in [7, 11) is 0. The topological polar surface area (TPSA) is 91.0 Å². The Bertz CT molecular complexity index is 991. The Labute approximate surface area is 168 Å². The van der Waals surface area contributed by atoms with Gasteiger partial charge < -0.3 is 9.47 Å². The molecule has 29 heavy (non-hydrogen) atoms. The van der Waals surface area contributed by atoms with Gasteiger partial charge in [0.1, 0.15) is 5.75 Å². The number of non-ortho nitro benzene ring substituents is 1. The third-order valence-corrected chi connectivity index (χ3v) is 4.09. The van der Waals surface area contributed by atoms with Gasteiger partial charge in [-0.15, -0.1) is 0 Å². The molecule has 7 nitrogen and oxygen atoms in total. The fraction of sp³-hybridized carbons (Fsp3) is 0.182. The number of benzene rings is 2. The number of unbranched alkanes of at least 4 members (excludes halogenated alkanes) is 1. The van der Waals surface area contributed by atoms with Gasteiger partial charge in [-0.25, -0.2) is 9.79 Å². The van der Waals surface area contributed by atoms with Crippen LogP contribution < -0.4 is 4.74 Å². The zero-order valence-electron chi connectivity index (χ0n) is 15.9. The van der Waals surface area contributed by atoms with Gasteiger partial charge in [0.15, 0.2) is 5.70 Å². The van der Waals surface area contributed by atoms with Crippen LogP contribution in [0.1, 0.15) is 30.9 Å². The van der Waals surface area contributed by atoms with Gasteiger partial charge >= 0.3 is 5.97 Å². The molecule has 148 valence electrons. The molecule has 1 aliphatic rings. The number of hydrogen-bond donors (Lipinski definition) is 0. The molecule has 2 aromatic carbocycles. The molecule has 0 saturated heterocycles. The Kier molecular flexibility index (Phi) is 6.52. The molecule has 2 aromatic rings. The van der Waals surface area contributed by atoms with Crippen LogP contribution in [0.25, 0.3) is 12.2 Å². The second-order valence-electron chi connectivity index (χ2n) is 6.33. The molecule has 1 heterocycles. The molecule has 0 N–H and O–H groups in total. The molecule has 0 spiro atoms. The van der Waals surface area contributed by atoms with E-state index < -0.39 is 10.9 Å². The smallest absolute Gasteiger partial charge is 0.363 e. The number of hydrogen-bond acceptors (Lipinski definition) is 6. The van der Waals surface area contributed by atoms with Crippen LogP contribution in [0, 0.1) is 10.1 Å². The van der Waals surface area contributed by atoms with Gasteiger partial charge in [0.2, 0.25) is 5.90 Å². The fourth-order valence-corrected chi connectivity index (χ4v) is 2.56. The first-order valence-corrected chi connectivity index (χ1v) is 9.23. The van der Waals surface area contributed by atoms with Crippen molar-refractivity contribution in [2.75, 3.05) is 6.61 Å². The van der Waals surface area contributed by atoms with E-state index in [0.29, 0.717) is 12.2 Å². The monoisotopic (exact) mass is 392 g/mol. The lowest BCUT2D eigenvalue weighted by atomic mass is 10.2. The summed E-state index contributed by atoms with van der Waals surface area (Å²) in [4.78, 5) is 26.6. The molecule has 0 aliphatic carbocycles. The normalized spacial score (nSPS) is 14.9. The van der Waals surface area contributed by atoms with E-state index in [4.69, 9.17) is 9.47 Å². The maximum atomic E-state index is 12.0. The summed E-state index contributed by atoms with van der Waals surface area (Å²) in [5.74, 6) is 0.359. The van der Waals surface area contributed by atoms with E-state index in [2.05, 4.69) is 11.9 Å². The molecule has 0 aromatic heterocycles. The van der Waals surface area contributed by atoms with Crippen molar-refractivity contribution in [3.8, 4) is 5.75 Å². The summed E-state index contributed by atoms with van der Waals surface area (Å²) in [6.07, 6.45) is 6.81. The molecule has 0 unspecified atom stereocenters. The lowest BCUT2D eigenvalue weighted by molar-refractivity contribution is -0.384. The Morgan fingerprint density at radius 3 is 2.66 bits per heavy atom. The van der Waals surface area contributed by atoms with Crippen molar-refractivity contribution < 1.29 is 19.2 Å². The zero-order valence-corrected chi connectivity index (χ0v) is 15.9. The molecule has 0 saturated carbocycles. The summed E-state index contributed by atoms with van der Waals surface area (Å²) in [6.45, 7) is 2.78. The van der Waals surface area contributed by atoms with Gasteiger partial charge in [0.05, 0.1) is 11.5 Å². The maximum absolute atomic E-state index is 12.0. The molecule has 0 amide bonds. The number of nitrogens with zero attached hydrogens (tertiary/aromatic N) is 2. The molecule has 0 atom stereocenters. The number of rotatable bonds is 8. The predicted octanol–water partition coefficient (Wildman–Crippen LogP) is 4.78. The van der Waals surface area contributed by atoms with Crippen LogP contribution in [0.15, 0.2) is 65.3 Å². The van der Waals surface area contributed by atoms with Crippen molar-refractivity contribution in [3.05, 3.63) is 81.5 Å². The first-order chi connectivity index (χ1) is 14.0. The van der Waals surface area contributed by atoms with Crippen LogP contribution in [-0.4, -0.2) is 23.4 Å². The zero-order chi connectivity index (χ0) is 20.6. The first kappa shape index (κ1) is 20.0. The number of esters is 1. The Balaban J connectivity index is 1.69. The molecule has 0 radical (unpaired) electrons. The van der Waals surface area contributed by atoms with E-state index in [1.807, 2.05) is 24.3 Å². The number of carbonyl (C=O) groups excluding carboxylic acids is 1. The highest BCUT2D eigenvalue weighted by atomic mass is 16.6. The van der Waals surface area contributed by atoms with Crippen LogP contribution in [-0.2, 0) is 9.53 Å². The SMILES string of the molecule is CCCCOc1ccc(C=C2N=C(C=Cc3cccc([N+](=O)[O-])c3)OC2=O)cc1. The highest BCUT2D eigenvalue weighted by Crippen LogP contribution is 2.20. The van der Waals surface area contributed by atoms with Crippen molar-refractivity contribution in [2.24, 2.45) is 4.99 Å². The van der Waals surface area contributed by atoms with Gasteiger partial charge in [-0.05, 0) is 41.8 Å². The quantitative estimate of drug-likeness (QED) is 0.212. The summed E-state index contributed by atoms with van der Waals surface area (Å²) >= 11 is 0. The summed E-state index contributed by atoms with van der Waals surface area (Å²) in [6, 6.07) is 13.5. The number of nitro groups is 1. The van der Waals surface area contributed by atoms with E-state index >= 15 is 0 Å². The third kappa shape index (κ3) is 5.62. The van der Waals surface area contributed by atoms with Crippen LogP contribution in [0.4, 0.5) is 5.69 Å². The molecule has 0 bridgehead atoms. The average molecular weight is 392 g/mol. The van der Waals surface area contributed by atoms with Crippen molar-refractivity contribution in [3.63, 3.8) is 0 Å².